The van der Waals surface area contributed by atoms with Crippen LogP contribution in [0.2, 0.25) is 0 Å². The molecule has 0 bridgehead atoms. The van der Waals surface area contributed by atoms with Gasteiger partial charge in [-0.15, -0.1) is 0 Å². The molecule has 160 valence electrons. The Morgan fingerprint density at radius 1 is 0.630 bits per heavy atom. The van der Waals surface area contributed by atoms with Crippen LogP contribution in [0.4, 0.5) is 0 Å². The van der Waals surface area contributed by atoms with E-state index in [1.54, 1.807) is 0 Å². The van der Waals surface area contributed by atoms with E-state index in [0.29, 0.717) is 0 Å². The zero-order valence-electron chi connectivity index (χ0n) is 15.8. The van der Waals surface area contributed by atoms with E-state index < -0.39 is 74.0 Å². The van der Waals surface area contributed by atoms with Gasteiger partial charge in [-0.3, -0.25) is 0 Å². The molecule has 0 spiro atoms. The Bertz CT molecular complexity index is 395. The summed E-state index contributed by atoms with van der Waals surface area (Å²) in [5.41, 5.74) is 0. The third-order valence-electron chi connectivity index (χ3n) is 2.99. The fourth-order valence-electron chi connectivity index (χ4n) is 1.32. The van der Waals surface area contributed by atoms with Gasteiger partial charge in [0.15, 0.2) is 0 Å². The van der Waals surface area contributed by atoms with Gasteiger partial charge in [0.05, 0.1) is 25.2 Å². The van der Waals surface area contributed by atoms with Gasteiger partial charge in [0, 0.05) is 0 Å². The average molecular weight is 480 g/mol. The molecule has 0 unspecified atom stereocenters. The van der Waals surface area contributed by atoms with Gasteiger partial charge in [0.1, 0.15) is 48.8 Å². The minimum atomic E-state index is -2.31. The van der Waals surface area contributed by atoms with Crippen molar-refractivity contribution in [1.29, 1.82) is 0 Å². The second-order valence-corrected chi connectivity index (χ2v) is 4.99. The monoisotopic (exact) mass is 480 g/mol. The van der Waals surface area contributed by atoms with Crippen LogP contribution < -0.4 is 10.2 Å². The van der Waals surface area contributed by atoms with Crippen LogP contribution in [0.3, 0.4) is 0 Å². The minimum absolute atomic E-state index is 0. The minimum Gasteiger partial charge on any atom is -1.00 e. The summed E-state index contributed by atoms with van der Waals surface area (Å²) < 4.78 is 0. The van der Waals surface area contributed by atoms with Gasteiger partial charge in [-0.2, -0.15) is 0 Å². The molecule has 0 aromatic carbocycles. The molecule has 0 saturated carbocycles. The summed E-state index contributed by atoms with van der Waals surface area (Å²) in [4.78, 5) is 20.0. The van der Waals surface area contributed by atoms with E-state index in [4.69, 9.17) is 51.1 Å². The number of rotatable bonds is 10. The molecule has 0 aliphatic carbocycles. The van der Waals surface area contributed by atoms with Crippen molar-refractivity contribution >= 4 is 57.4 Å². The second-order valence-electron chi connectivity index (χ2n) is 4.99. The molecule has 15 heteroatoms. The Kier molecular flexibility index (Phi) is 18.7. The summed E-state index contributed by atoms with van der Waals surface area (Å²) in [5.74, 6) is -3.95. The molecule has 0 rings (SSSR count). The summed E-state index contributed by atoms with van der Waals surface area (Å²) in [5, 5.41) is 107. The van der Waals surface area contributed by atoms with Gasteiger partial charge < -0.3 is 73.7 Å². The number of carboxylic acid groups (broad SMARTS) is 2. The first-order valence-corrected chi connectivity index (χ1v) is 6.91. The van der Waals surface area contributed by atoms with Crippen LogP contribution in [0.1, 0.15) is 2.85 Å². The van der Waals surface area contributed by atoms with Crippen LogP contribution in [-0.2, 0) is 9.59 Å². The summed E-state index contributed by atoms with van der Waals surface area (Å²) in [6.45, 7) is -1.73. The number of aliphatic carboxylic acids is 2. The summed E-state index contributed by atoms with van der Waals surface area (Å²) in [7, 11) is 0. The number of carbonyl (C=O) groups excluding carboxylic acids is 2. The quantitative estimate of drug-likeness (QED) is 0.130. The molecule has 0 aliphatic heterocycles. The third kappa shape index (κ3) is 11.6. The molecule has 10 N–H and O–H groups in total. The van der Waals surface area contributed by atoms with E-state index in [0.717, 1.165) is 0 Å². The maximum atomic E-state index is 9.98. The normalized spacial score (nSPS) is 19.6. The Morgan fingerprint density at radius 2 is 0.852 bits per heavy atom. The average Bonchev–Trinajstić information content (AvgIpc) is 2.62. The van der Waals surface area contributed by atoms with Crippen LogP contribution in [0, 0.1) is 0 Å². The molecule has 0 aromatic heterocycles. The van der Waals surface area contributed by atoms with Gasteiger partial charge in [-0.1, -0.05) is 0 Å². The van der Waals surface area contributed by atoms with E-state index in [1.807, 2.05) is 0 Å². The maximum absolute atomic E-state index is 9.98. The number of aliphatic hydroxyl groups is 10. The number of hydrogen-bond donors (Lipinski definition) is 10. The van der Waals surface area contributed by atoms with Crippen molar-refractivity contribution in [1.82, 2.24) is 0 Å². The van der Waals surface area contributed by atoms with Gasteiger partial charge in [0.25, 0.3) is 0 Å². The molecule has 0 heterocycles. The molecule has 0 aliphatic rings. The van der Waals surface area contributed by atoms with E-state index in [9.17, 15) is 19.8 Å². The van der Waals surface area contributed by atoms with Crippen molar-refractivity contribution in [3.8, 4) is 0 Å². The Hall–Kier alpha value is 0.0205. The van der Waals surface area contributed by atoms with E-state index in [2.05, 4.69) is 0 Å². The van der Waals surface area contributed by atoms with Gasteiger partial charge in [0.2, 0.25) is 0 Å². The van der Waals surface area contributed by atoms with E-state index in [1.165, 1.54) is 0 Å². The van der Waals surface area contributed by atoms with E-state index >= 15 is 0 Å². The zero-order valence-corrected chi connectivity index (χ0v) is 17.3. The molecular formula is C12H24O14Sr-2. The van der Waals surface area contributed by atoms with Crippen LogP contribution in [0.5, 0.6) is 0 Å². The number of aliphatic hydroxyl groups excluding tert-OH is 10. The SMILES string of the molecule is O=C([O-])[C@H](O)[C@@H](O)[C@H](O)[C@H](O)CO.O=C([O-])[C@H](O)[C@@H](O)[C@H](O)[C@H](O)CO.[H-].[H-].[Sr+2]. The predicted octanol–water partition coefficient (Wildman–Crippen LogP) is -9.81. The molecule has 0 aromatic rings. The summed E-state index contributed by atoms with van der Waals surface area (Å²) >= 11 is 0. The van der Waals surface area contributed by atoms with Gasteiger partial charge in [-0.05, 0) is 0 Å². The number of carboxylic acids is 2. The summed E-state index contributed by atoms with van der Waals surface area (Å²) in [6.07, 6.45) is -16.2. The fourth-order valence-corrected chi connectivity index (χ4v) is 1.32. The molecular weight excluding hydrogens is 456 g/mol. The third-order valence-corrected chi connectivity index (χ3v) is 2.99. The Labute approximate surface area is 192 Å². The van der Waals surface area contributed by atoms with Crippen molar-refractivity contribution in [2.24, 2.45) is 0 Å². The standard InChI is InChI=1S/2C6H12O7.Sr.2H/c2*7-1-2(8)3(9)4(10)5(11)6(12)13;;;/h2*2-5,7-11H,1H2,(H,12,13);;;/q;;+2;2*-1/p-2/t2*2-,3-,4+,5-;;;/m11.../s1. The Morgan fingerprint density at radius 3 is 1.00 bits per heavy atom. The zero-order chi connectivity index (χ0) is 21.2. The van der Waals surface area contributed by atoms with Crippen LogP contribution in [-0.4, -0.2) is 171 Å². The predicted molar refractivity (Wildman–Crippen MR) is 80.2 cm³/mol. The molecule has 27 heavy (non-hydrogen) atoms. The van der Waals surface area contributed by atoms with Crippen molar-refractivity contribution in [2.75, 3.05) is 13.2 Å². The maximum Gasteiger partial charge on any atom is 2.00 e. The van der Waals surface area contributed by atoms with Crippen molar-refractivity contribution in [3.63, 3.8) is 0 Å². The fraction of sp³-hybridized carbons (Fsp3) is 0.833. The molecule has 0 radical (unpaired) electrons. The Balaban J connectivity index is -0.000000120. The van der Waals surface area contributed by atoms with Crippen molar-refractivity contribution in [2.45, 2.75) is 48.8 Å². The number of hydrogen-bond acceptors (Lipinski definition) is 14. The second kappa shape index (κ2) is 15.9. The molecule has 0 amide bonds. The van der Waals surface area contributed by atoms with E-state index in [-0.39, 0.29) is 48.3 Å². The van der Waals surface area contributed by atoms with Crippen LogP contribution in [0.25, 0.3) is 0 Å². The summed E-state index contributed by atoms with van der Waals surface area (Å²) in [6, 6.07) is 0. The molecule has 0 fully saturated rings. The van der Waals surface area contributed by atoms with Crippen molar-refractivity contribution in [3.05, 3.63) is 0 Å². The smallest absolute Gasteiger partial charge is 1.00 e. The molecule has 0 saturated heterocycles. The van der Waals surface area contributed by atoms with Gasteiger partial charge in [-0.25, -0.2) is 0 Å². The van der Waals surface area contributed by atoms with Crippen LogP contribution in [0.15, 0.2) is 0 Å². The number of carbonyl (C=O) groups is 2. The topological polar surface area (TPSA) is 283 Å². The first kappa shape index (κ1) is 31.7. The van der Waals surface area contributed by atoms with Crippen molar-refractivity contribution < 1.29 is 73.7 Å². The first-order valence-electron chi connectivity index (χ1n) is 6.91. The molecule has 8 atom stereocenters. The first-order chi connectivity index (χ1) is 11.8. The van der Waals surface area contributed by atoms with Gasteiger partial charge >= 0.3 is 45.5 Å². The largest absolute Gasteiger partial charge is 2.00 e. The van der Waals surface area contributed by atoms with Crippen LogP contribution >= 0.6 is 0 Å². The molecule has 14 nitrogen and oxygen atoms in total.